The molecule has 0 atom stereocenters. The van der Waals surface area contributed by atoms with Crippen LogP contribution in [0, 0.1) is 0 Å². The molecule has 1 fully saturated rings. The number of phenolic OH excluding ortho intramolecular Hbond substituents is 1. The third-order valence-electron chi connectivity index (χ3n) is 2.81. The number of amides is 2. The predicted molar refractivity (Wildman–Crippen MR) is 70.0 cm³/mol. The number of nitrogens with two attached hydrogens (primary N) is 1. The van der Waals surface area contributed by atoms with Crippen LogP contribution in [0.2, 0.25) is 0 Å². The number of nitrogens with zero attached hydrogens (tertiary/aromatic N) is 1. The normalized spacial score (nSPS) is 17.0. The van der Waals surface area contributed by atoms with Gasteiger partial charge in [0, 0.05) is 6.42 Å². The molecule has 0 bridgehead atoms. The molecule has 9 heteroatoms. The van der Waals surface area contributed by atoms with E-state index >= 15 is 0 Å². The summed E-state index contributed by atoms with van der Waals surface area (Å²) in [5, 5.41) is 9.87. The van der Waals surface area contributed by atoms with Gasteiger partial charge in [0.15, 0.2) is 0 Å². The highest BCUT2D eigenvalue weighted by atomic mass is 32.2. The number of hydrogen-bond donors (Lipinski definition) is 3. The van der Waals surface area contributed by atoms with Gasteiger partial charge in [0.2, 0.25) is 5.91 Å². The van der Waals surface area contributed by atoms with Gasteiger partial charge in [0.1, 0.15) is 12.3 Å². The average molecular weight is 299 g/mol. The monoisotopic (exact) mass is 299 g/mol. The van der Waals surface area contributed by atoms with Crippen LogP contribution in [0.25, 0.3) is 0 Å². The predicted octanol–water partition coefficient (Wildman–Crippen LogP) is -1.01. The second-order valence-corrected chi connectivity index (χ2v) is 5.88. The fraction of sp³-hybridized carbons (Fsp3) is 0.273. The Labute approximate surface area is 115 Å². The molecule has 1 aliphatic heterocycles. The smallest absolute Gasteiger partial charge is 0.326 e. The summed E-state index contributed by atoms with van der Waals surface area (Å²) in [7, 11) is -4.02. The second-order valence-electron chi connectivity index (χ2n) is 4.29. The lowest BCUT2D eigenvalue weighted by atomic mass is 10.1. The molecule has 1 aromatic rings. The van der Waals surface area contributed by atoms with Crippen LogP contribution in [0.4, 0.5) is 5.69 Å². The standard InChI is InChI=1S/C11H13N3O5S/c12-9(16)5-4-7-2-1-3-8(15)11(7)14-6-10(17)13-20(14,18)19/h1-3,15H,4-6H2,(H2,12,16)(H,13,17). The molecule has 108 valence electrons. The van der Waals surface area contributed by atoms with E-state index in [2.05, 4.69) is 0 Å². The summed E-state index contributed by atoms with van der Waals surface area (Å²) in [6.45, 7) is -0.413. The molecule has 20 heavy (non-hydrogen) atoms. The van der Waals surface area contributed by atoms with E-state index in [4.69, 9.17) is 5.73 Å². The number of anilines is 1. The van der Waals surface area contributed by atoms with Gasteiger partial charge in [0.25, 0.3) is 5.91 Å². The van der Waals surface area contributed by atoms with Crippen LogP contribution in [-0.2, 0) is 26.2 Å². The van der Waals surface area contributed by atoms with Crippen molar-refractivity contribution in [1.29, 1.82) is 0 Å². The molecule has 1 saturated heterocycles. The maximum absolute atomic E-state index is 11.8. The van der Waals surface area contributed by atoms with Crippen LogP contribution in [0.5, 0.6) is 5.75 Å². The van der Waals surface area contributed by atoms with Crippen LogP contribution < -0.4 is 14.8 Å². The third kappa shape index (κ3) is 2.67. The van der Waals surface area contributed by atoms with Crippen molar-refractivity contribution < 1.29 is 23.1 Å². The summed E-state index contributed by atoms with van der Waals surface area (Å²) < 4.78 is 26.2. The Hall–Kier alpha value is -2.29. The number of nitrogens with one attached hydrogen (secondary N) is 1. The molecule has 2 rings (SSSR count). The first-order valence-electron chi connectivity index (χ1n) is 5.74. The number of primary amides is 1. The number of hydrogen-bond acceptors (Lipinski definition) is 5. The van der Waals surface area contributed by atoms with Crippen molar-refractivity contribution in [3.05, 3.63) is 23.8 Å². The van der Waals surface area contributed by atoms with E-state index in [0.29, 0.717) is 5.56 Å². The molecule has 1 aromatic carbocycles. The minimum Gasteiger partial charge on any atom is -0.506 e. The molecule has 0 spiro atoms. The Balaban J connectivity index is 2.45. The molecule has 4 N–H and O–H groups in total. The van der Waals surface area contributed by atoms with E-state index in [1.807, 2.05) is 4.72 Å². The molecule has 1 heterocycles. The highest BCUT2D eigenvalue weighted by molar-refractivity contribution is 7.92. The van der Waals surface area contributed by atoms with E-state index in [0.717, 1.165) is 4.31 Å². The van der Waals surface area contributed by atoms with E-state index < -0.39 is 28.6 Å². The summed E-state index contributed by atoms with van der Waals surface area (Å²) in [5.74, 6) is -1.51. The summed E-state index contributed by atoms with van der Waals surface area (Å²) in [4.78, 5) is 22.1. The van der Waals surface area contributed by atoms with Gasteiger partial charge in [-0.2, -0.15) is 8.42 Å². The van der Waals surface area contributed by atoms with E-state index in [-0.39, 0.29) is 24.3 Å². The van der Waals surface area contributed by atoms with Crippen LogP contribution in [0.1, 0.15) is 12.0 Å². The number of phenols is 1. The molecule has 0 saturated carbocycles. The van der Waals surface area contributed by atoms with Crippen molar-refractivity contribution in [1.82, 2.24) is 4.72 Å². The van der Waals surface area contributed by atoms with Gasteiger partial charge in [-0.15, -0.1) is 0 Å². The maximum Gasteiger partial charge on any atom is 0.326 e. The highest BCUT2D eigenvalue weighted by Gasteiger charge is 2.36. The zero-order chi connectivity index (χ0) is 14.9. The zero-order valence-electron chi connectivity index (χ0n) is 10.4. The minimum atomic E-state index is -4.02. The number of rotatable bonds is 4. The fourth-order valence-corrected chi connectivity index (χ4v) is 3.17. The molecule has 0 aliphatic carbocycles. The maximum atomic E-state index is 11.8. The zero-order valence-corrected chi connectivity index (χ0v) is 11.2. The van der Waals surface area contributed by atoms with Crippen LogP contribution >= 0.6 is 0 Å². The summed E-state index contributed by atoms with van der Waals surface area (Å²) in [6.07, 6.45) is 0.172. The first kappa shape index (κ1) is 14.1. The number of carbonyl (C=O) groups excluding carboxylic acids is 2. The second kappa shape index (κ2) is 5.00. The van der Waals surface area contributed by atoms with Gasteiger partial charge in [0.05, 0.1) is 5.69 Å². The largest absolute Gasteiger partial charge is 0.506 e. The Morgan fingerprint density at radius 1 is 1.45 bits per heavy atom. The molecular weight excluding hydrogens is 286 g/mol. The fourth-order valence-electron chi connectivity index (χ4n) is 1.97. The van der Waals surface area contributed by atoms with Crippen molar-refractivity contribution in [2.24, 2.45) is 5.73 Å². The van der Waals surface area contributed by atoms with Gasteiger partial charge < -0.3 is 10.8 Å². The van der Waals surface area contributed by atoms with E-state index in [1.165, 1.54) is 12.1 Å². The van der Waals surface area contributed by atoms with Crippen LogP contribution in [0.15, 0.2) is 18.2 Å². The number of aryl methyl sites for hydroxylation is 1. The first-order chi connectivity index (χ1) is 9.31. The van der Waals surface area contributed by atoms with Crippen molar-refractivity contribution in [2.45, 2.75) is 12.8 Å². The van der Waals surface area contributed by atoms with Crippen molar-refractivity contribution in [3.8, 4) is 5.75 Å². The number of carbonyl (C=O) groups is 2. The number of aromatic hydroxyl groups is 1. The van der Waals surface area contributed by atoms with E-state index in [1.54, 1.807) is 6.07 Å². The Kier molecular flexibility index (Phi) is 3.53. The third-order valence-corrected chi connectivity index (χ3v) is 4.19. The molecular formula is C11H13N3O5S. The van der Waals surface area contributed by atoms with E-state index in [9.17, 15) is 23.1 Å². The van der Waals surface area contributed by atoms with Gasteiger partial charge >= 0.3 is 10.2 Å². The van der Waals surface area contributed by atoms with Crippen molar-refractivity contribution in [2.75, 3.05) is 10.8 Å². The summed E-state index contributed by atoms with van der Waals surface area (Å²) in [5.41, 5.74) is 5.47. The van der Waals surface area contributed by atoms with Gasteiger partial charge in [-0.1, -0.05) is 12.1 Å². The van der Waals surface area contributed by atoms with Crippen LogP contribution in [-0.4, -0.2) is 31.9 Å². The van der Waals surface area contributed by atoms with Gasteiger partial charge in [-0.05, 0) is 18.1 Å². The average Bonchev–Trinajstić information content (AvgIpc) is 2.59. The summed E-state index contributed by atoms with van der Waals surface area (Å²) in [6, 6.07) is 4.39. The lowest BCUT2D eigenvalue weighted by Gasteiger charge is -2.19. The Bertz CT molecular complexity index is 671. The molecule has 0 radical (unpaired) electrons. The molecule has 8 nitrogen and oxygen atoms in total. The quantitative estimate of drug-likeness (QED) is 0.656. The lowest BCUT2D eigenvalue weighted by Crippen LogP contribution is -2.30. The summed E-state index contributed by atoms with van der Waals surface area (Å²) >= 11 is 0. The highest BCUT2D eigenvalue weighted by Crippen LogP contribution is 2.34. The Morgan fingerprint density at radius 3 is 2.70 bits per heavy atom. The molecule has 0 unspecified atom stereocenters. The number of benzene rings is 1. The van der Waals surface area contributed by atoms with Crippen molar-refractivity contribution in [3.63, 3.8) is 0 Å². The van der Waals surface area contributed by atoms with Crippen LogP contribution in [0.3, 0.4) is 0 Å². The molecule has 1 aliphatic rings. The first-order valence-corrected chi connectivity index (χ1v) is 7.18. The number of para-hydroxylation sites is 1. The topological polar surface area (TPSA) is 130 Å². The van der Waals surface area contributed by atoms with Gasteiger partial charge in [-0.25, -0.2) is 9.03 Å². The Morgan fingerprint density at radius 2 is 2.15 bits per heavy atom. The van der Waals surface area contributed by atoms with Crippen molar-refractivity contribution >= 4 is 27.7 Å². The SMILES string of the molecule is NC(=O)CCc1cccc(O)c1N1CC(=O)NS1(=O)=O. The lowest BCUT2D eigenvalue weighted by molar-refractivity contribution is -0.118. The van der Waals surface area contributed by atoms with Gasteiger partial charge in [-0.3, -0.25) is 9.59 Å². The minimum absolute atomic E-state index is 0.00567. The molecule has 0 aromatic heterocycles. The molecule has 2 amide bonds.